The fourth-order valence-electron chi connectivity index (χ4n) is 3.67. The lowest BCUT2D eigenvalue weighted by Gasteiger charge is -2.16. The molecule has 2 N–H and O–H groups in total. The van der Waals surface area contributed by atoms with Crippen molar-refractivity contribution in [1.82, 2.24) is 10.2 Å². The minimum atomic E-state index is -0.315. The molecular formula is C26H27N3O3. The first-order chi connectivity index (χ1) is 15.6. The first-order valence-corrected chi connectivity index (χ1v) is 10.8. The van der Waals surface area contributed by atoms with Crippen LogP contribution in [0.4, 0.5) is 10.5 Å². The molecule has 0 saturated carbocycles. The molecule has 1 fully saturated rings. The molecule has 6 nitrogen and oxygen atoms in total. The van der Waals surface area contributed by atoms with Crippen molar-refractivity contribution in [1.29, 1.82) is 0 Å². The SMILES string of the molecule is Cc1ccc(Oc2ccccc2NC(=O)NCc2cccc(CN3CCCC3=O)c2)cc1. The highest BCUT2D eigenvalue weighted by molar-refractivity contribution is 5.90. The monoisotopic (exact) mass is 429 g/mol. The van der Waals surface area contributed by atoms with E-state index in [1.165, 1.54) is 0 Å². The number of aryl methyl sites for hydroxylation is 1. The average Bonchev–Trinajstić information content (AvgIpc) is 3.20. The maximum Gasteiger partial charge on any atom is 0.319 e. The largest absolute Gasteiger partial charge is 0.455 e. The summed E-state index contributed by atoms with van der Waals surface area (Å²) in [5, 5.41) is 5.75. The number of anilines is 1. The van der Waals surface area contributed by atoms with E-state index in [0.29, 0.717) is 36.7 Å². The zero-order valence-electron chi connectivity index (χ0n) is 18.1. The van der Waals surface area contributed by atoms with E-state index < -0.39 is 0 Å². The van der Waals surface area contributed by atoms with Crippen molar-refractivity contribution >= 4 is 17.6 Å². The van der Waals surface area contributed by atoms with Crippen molar-refractivity contribution in [3.8, 4) is 11.5 Å². The Labute approximate surface area is 188 Å². The summed E-state index contributed by atoms with van der Waals surface area (Å²) in [6, 6.07) is 22.7. The fourth-order valence-corrected chi connectivity index (χ4v) is 3.67. The molecule has 4 rings (SSSR count). The van der Waals surface area contributed by atoms with Crippen LogP contribution in [-0.2, 0) is 17.9 Å². The van der Waals surface area contributed by atoms with Gasteiger partial charge in [0.1, 0.15) is 5.75 Å². The van der Waals surface area contributed by atoms with E-state index in [-0.39, 0.29) is 11.9 Å². The molecule has 0 aliphatic carbocycles. The van der Waals surface area contributed by atoms with Crippen molar-refractivity contribution < 1.29 is 14.3 Å². The maximum absolute atomic E-state index is 12.5. The molecule has 0 aromatic heterocycles. The first kappa shape index (κ1) is 21.4. The molecule has 0 bridgehead atoms. The number of ether oxygens (including phenoxy) is 1. The van der Waals surface area contributed by atoms with E-state index in [0.717, 1.165) is 29.7 Å². The molecule has 0 spiro atoms. The van der Waals surface area contributed by atoms with E-state index in [1.54, 1.807) is 6.07 Å². The Bertz CT molecular complexity index is 1100. The summed E-state index contributed by atoms with van der Waals surface area (Å²) >= 11 is 0. The highest BCUT2D eigenvalue weighted by Gasteiger charge is 2.20. The number of nitrogens with zero attached hydrogens (tertiary/aromatic N) is 1. The van der Waals surface area contributed by atoms with Crippen LogP contribution >= 0.6 is 0 Å². The number of carbonyl (C=O) groups is 2. The van der Waals surface area contributed by atoms with Gasteiger partial charge in [0, 0.05) is 26.1 Å². The van der Waals surface area contributed by atoms with Gasteiger partial charge in [-0.2, -0.15) is 0 Å². The molecule has 0 atom stereocenters. The van der Waals surface area contributed by atoms with Crippen molar-refractivity contribution in [3.63, 3.8) is 0 Å². The minimum absolute atomic E-state index is 0.208. The normalized spacial score (nSPS) is 13.2. The number of nitrogens with one attached hydrogen (secondary N) is 2. The molecule has 1 saturated heterocycles. The number of rotatable bonds is 7. The van der Waals surface area contributed by atoms with Gasteiger partial charge in [-0.15, -0.1) is 0 Å². The molecule has 1 heterocycles. The Morgan fingerprint density at radius 3 is 2.56 bits per heavy atom. The molecule has 1 aliphatic rings. The number of urea groups is 1. The maximum atomic E-state index is 12.5. The predicted octanol–water partition coefficient (Wildman–Crippen LogP) is 5.23. The summed E-state index contributed by atoms with van der Waals surface area (Å²) in [7, 11) is 0. The van der Waals surface area contributed by atoms with Crippen molar-refractivity contribution in [2.45, 2.75) is 32.9 Å². The second kappa shape index (κ2) is 10.0. The van der Waals surface area contributed by atoms with Crippen molar-refractivity contribution in [2.24, 2.45) is 0 Å². The summed E-state index contributed by atoms with van der Waals surface area (Å²) in [4.78, 5) is 26.3. The molecule has 3 aromatic carbocycles. The van der Waals surface area contributed by atoms with Crippen LogP contribution in [0.25, 0.3) is 0 Å². The second-order valence-electron chi connectivity index (χ2n) is 7.96. The summed E-state index contributed by atoms with van der Waals surface area (Å²) in [6.45, 7) is 3.83. The van der Waals surface area contributed by atoms with Gasteiger partial charge < -0.3 is 20.3 Å². The zero-order valence-corrected chi connectivity index (χ0v) is 18.1. The molecule has 3 aromatic rings. The third kappa shape index (κ3) is 5.66. The van der Waals surface area contributed by atoms with Crippen LogP contribution in [0.15, 0.2) is 72.8 Å². The number of para-hydroxylation sites is 2. The lowest BCUT2D eigenvalue weighted by atomic mass is 10.1. The van der Waals surface area contributed by atoms with Gasteiger partial charge in [0.05, 0.1) is 5.69 Å². The van der Waals surface area contributed by atoms with Crippen molar-refractivity contribution in [3.05, 3.63) is 89.5 Å². The highest BCUT2D eigenvalue weighted by atomic mass is 16.5. The summed E-state index contributed by atoms with van der Waals surface area (Å²) in [5.74, 6) is 1.49. The quantitative estimate of drug-likeness (QED) is 0.540. The van der Waals surface area contributed by atoms with E-state index in [4.69, 9.17) is 4.74 Å². The molecule has 32 heavy (non-hydrogen) atoms. The smallest absolute Gasteiger partial charge is 0.319 e. The molecule has 0 radical (unpaired) electrons. The van der Waals surface area contributed by atoms with Gasteiger partial charge in [-0.25, -0.2) is 4.79 Å². The summed E-state index contributed by atoms with van der Waals surface area (Å²) in [6.07, 6.45) is 1.56. The topological polar surface area (TPSA) is 70.7 Å². The molecular weight excluding hydrogens is 402 g/mol. The lowest BCUT2D eigenvalue weighted by molar-refractivity contribution is -0.128. The first-order valence-electron chi connectivity index (χ1n) is 10.8. The number of hydrogen-bond donors (Lipinski definition) is 2. The molecule has 1 aliphatic heterocycles. The van der Waals surface area contributed by atoms with Crippen LogP contribution in [0.1, 0.15) is 29.5 Å². The average molecular weight is 430 g/mol. The third-order valence-corrected chi connectivity index (χ3v) is 5.37. The van der Waals surface area contributed by atoms with Gasteiger partial charge in [-0.3, -0.25) is 4.79 Å². The number of hydrogen-bond acceptors (Lipinski definition) is 3. The Hall–Kier alpha value is -3.80. The van der Waals surface area contributed by atoms with E-state index in [2.05, 4.69) is 10.6 Å². The van der Waals surface area contributed by atoms with Gasteiger partial charge in [-0.05, 0) is 48.7 Å². The fraction of sp³-hybridized carbons (Fsp3) is 0.231. The zero-order chi connectivity index (χ0) is 22.3. The van der Waals surface area contributed by atoms with Crippen LogP contribution in [0.3, 0.4) is 0 Å². The third-order valence-electron chi connectivity index (χ3n) is 5.37. The van der Waals surface area contributed by atoms with E-state index in [1.807, 2.05) is 78.6 Å². The Kier molecular flexibility index (Phi) is 6.70. The number of likely N-dealkylation sites (tertiary alicyclic amines) is 1. The van der Waals surface area contributed by atoms with Crippen LogP contribution in [0.2, 0.25) is 0 Å². The Balaban J connectivity index is 1.34. The lowest BCUT2D eigenvalue weighted by Crippen LogP contribution is -2.28. The minimum Gasteiger partial charge on any atom is -0.455 e. The Morgan fingerprint density at radius 1 is 1.00 bits per heavy atom. The second-order valence-corrected chi connectivity index (χ2v) is 7.96. The number of amides is 3. The number of carbonyl (C=O) groups excluding carboxylic acids is 2. The summed E-state index contributed by atoms with van der Waals surface area (Å²) < 4.78 is 5.94. The number of benzene rings is 3. The van der Waals surface area contributed by atoms with Crippen LogP contribution in [-0.4, -0.2) is 23.4 Å². The standard InChI is InChI=1S/C26H27N3O3/c1-19-11-13-22(14-12-19)32-24-9-3-2-8-23(24)28-26(31)27-17-20-6-4-7-21(16-20)18-29-15-5-10-25(29)30/h2-4,6-9,11-14,16H,5,10,15,17-18H2,1H3,(H2,27,28,31). The molecule has 6 heteroatoms. The predicted molar refractivity (Wildman–Crippen MR) is 125 cm³/mol. The van der Waals surface area contributed by atoms with Gasteiger partial charge in [0.15, 0.2) is 5.75 Å². The van der Waals surface area contributed by atoms with Gasteiger partial charge in [0.2, 0.25) is 5.91 Å². The van der Waals surface area contributed by atoms with E-state index in [9.17, 15) is 9.59 Å². The molecule has 0 unspecified atom stereocenters. The molecule has 164 valence electrons. The molecule has 3 amide bonds. The van der Waals surface area contributed by atoms with Crippen molar-refractivity contribution in [2.75, 3.05) is 11.9 Å². The van der Waals surface area contributed by atoms with Crippen LogP contribution in [0.5, 0.6) is 11.5 Å². The van der Waals surface area contributed by atoms with E-state index >= 15 is 0 Å². The summed E-state index contributed by atoms with van der Waals surface area (Å²) in [5.41, 5.74) is 3.79. The highest BCUT2D eigenvalue weighted by Crippen LogP contribution is 2.29. The van der Waals surface area contributed by atoms with Gasteiger partial charge in [0.25, 0.3) is 0 Å². The van der Waals surface area contributed by atoms with Crippen LogP contribution in [0, 0.1) is 6.92 Å². The van der Waals surface area contributed by atoms with Gasteiger partial charge >= 0.3 is 6.03 Å². The Morgan fingerprint density at radius 2 is 1.78 bits per heavy atom. The van der Waals surface area contributed by atoms with Gasteiger partial charge in [-0.1, -0.05) is 54.1 Å². The van der Waals surface area contributed by atoms with Crippen LogP contribution < -0.4 is 15.4 Å².